The topological polar surface area (TPSA) is 89.9 Å². The lowest BCUT2D eigenvalue weighted by Crippen LogP contribution is -2.37. The van der Waals surface area contributed by atoms with Crippen LogP contribution in [-0.2, 0) is 4.79 Å². The number of benzene rings is 2. The van der Waals surface area contributed by atoms with Gasteiger partial charge < -0.3 is 10.1 Å². The van der Waals surface area contributed by atoms with Gasteiger partial charge in [-0.25, -0.2) is 0 Å². The number of carbonyl (C=O) groups excluding carboxylic acids is 1. The van der Waals surface area contributed by atoms with E-state index in [2.05, 4.69) is 25.7 Å². The number of ether oxygens (including phenoxy) is 1. The van der Waals surface area contributed by atoms with Gasteiger partial charge in [0.1, 0.15) is 5.75 Å². The maximum Gasteiger partial charge on any atom is 0.325 e. The first-order valence-corrected chi connectivity index (χ1v) is 9.41. The van der Waals surface area contributed by atoms with Crippen LogP contribution in [0.25, 0.3) is 11.4 Å². The van der Waals surface area contributed by atoms with Gasteiger partial charge in [0.15, 0.2) is 5.82 Å². The average molecular weight is 375 g/mol. The monoisotopic (exact) mass is 375 g/mol. The Bertz CT molecular complexity index is 903. The Hall–Kier alpha value is -3.19. The quantitative estimate of drug-likeness (QED) is 0.523. The molecule has 7 nitrogen and oxygen atoms in total. The van der Waals surface area contributed by atoms with E-state index in [0.717, 1.165) is 24.8 Å². The normalized spacial score (nSPS) is 18.7. The van der Waals surface area contributed by atoms with Crippen LogP contribution in [0.5, 0.6) is 5.75 Å². The van der Waals surface area contributed by atoms with E-state index in [1.165, 1.54) is 0 Å². The Morgan fingerprint density at radius 3 is 2.32 bits per heavy atom. The van der Waals surface area contributed by atoms with Gasteiger partial charge in [0.25, 0.3) is 0 Å². The van der Waals surface area contributed by atoms with Crippen LogP contribution in [0.4, 0.5) is 0 Å². The molecule has 0 aliphatic heterocycles. The minimum absolute atomic E-state index is 0.0920. The van der Waals surface area contributed by atoms with Crippen molar-refractivity contribution in [1.82, 2.24) is 25.7 Å². The Balaban J connectivity index is 1.36. The number of para-hydroxylation sites is 1. The largest absolute Gasteiger partial charge is 0.426 e. The minimum Gasteiger partial charge on any atom is -0.426 e. The Labute approximate surface area is 163 Å². The highest BCUT2D eigenvalue weighted by atomic mass is 16.5. The number of nitrogens with zero attached hydrogens (tertiary/aromatic N) is 4. The number of hydrogen-bond donors (Lipinski definition) is 1. The molecule has 1 heterocycles. The first-order valence-electron chi connectivity index (χ1n) is 9.41. The van der Waals surface area contributed by atoms with Gasteiger partial charge in [-0.15, -0.1) is 20.4 Å². The number of esters is 1. The molecule has 4 rings (SSSR count). The summed E-state index contributed by atoms with van der Waals surface area (Å²) >= 11 is 0. The average Bonchev–Trinajstić information content (AvgIpc) is 3.22. The molecule has 0 amide bonds. The second kappa shape index (κ2) is 8.67. The number of nitrogens with one attached hydrogen (secondary N) is 1. The summed E-state index contributed by atoms with van der Waals surface area (Å²) in [6.07, 6.45) is 2.94. The highest BCUT2D eigenvalue weighted by Gasteiger charge is 2.31. The second-order valence-corrected chi connectivity index (χ2v) is 6.76. The van der Waals surface area contributed by atoms with Crippen molar-refractivity contribution in [3.05, 3.63) is 66.5 Å². The van der Waals surface area contributed by atoms with Crippen LogP contribution < -0.4 is 10.1 Å². The molecule has 1 aromatic heterocycles. The molecule has 0 saturated heterocycles. The van der Waals surface area contributed by atoms with E-state index in [-0.39, 0.29) is 24.5 Å². The van der Waals surface area contributed by atoms with E-state index >= 15 is 0 Å². The van der Waals surface area contributed by atoms with Crippen molar-refractivity contribution >= 4 is 5.97 Å². The number of rotatable bonds is 6. The van der Waals surface area contributed by atoms with E-state index in [1.54, 1.807) is 12.1 Å². The Morgan fingerprint density at radius 1 is 0.929 bits per heavy atom. The molecule has 3 aromatic rings. The van der Waals surface area contributed by atoms with Crippen molar-refractivity contribution in [2.24, 2.45) is 0 Å². The van der Waals surface area contributed by atoms with Gasteiger partial charge in [-0.1, -0.05) is 55.0 Å². The van der Waals surface area contributed by atoms with Crippen molar-refractivity contribution in [2.75, 3.05) is 6.54 Å². The molecule has 1 aliphatic rings. The summed E-state index contributed by atoms with van der Waals surface area (Å²) in [6, 6.07) is 18.8. The lowest BCUT2D eigenvalue weighted by molar-refractivity contribution is -0.133. The first-order chi connectivity index (χ1) is 13.8. The van der Waals surface area contributed by atoms with E-state index in [9.17, 15) is 4.79 Å². The van der Waals surface area contributed by atoms with Crippen molar-refractivity contribution in [3.63, 3.8) is 0 Å². The summed E-state index contributed by atoms with van der Waals surface area (Å²) in [4.78, 5) is 12.1. The highest BCUT2D eigenvalue weighted by Crippen LogP contribution is 2.32. The molecule has 142 valence electrons. The zero-order chi connectivity index (χ0) is 19.2. The summed E-state index contributed by atoms with van der Waals surface area (Å²) in [5, 5.41) is 20.4. The fourth-order valence-electron chi connectivity index (χ4n) is 3.47. The Kier molecular flexibility index (Phi) is 5.63. The third-order valence-electron chi connectivity index (χ3n) is 4.86. The maximum atomic E-state index is 12.1. The van der Waals surface area contributed by atoms with E-state index in [4.69, 9.17) is 4.74 Å². The van der Waals surface area contributed by atoms with Gasteiger partial charge in [-0.3, -0.25) is 4.79 Å². The number of aromatic nitrogens is 4. The fourth-order valence-corrected chi connectivity index (χ4v) is 3.47. The molecule has 7 heteroatoms. The zero-order valence-electron chi connectivity index (χ0n) is 15.4. The van der Waals surface area contributed by atoms with Crippen LogP contribution in [0.1, 0.15) is 31.0 Å². The molecule has 0 radical (unpaired) electrons. The standard InChI is InChI=1S/C21H21N5O2/c27-19(28-16-10-5-2-6-11-16)14-22-18-13-7-12-17(18)21-25-23-20(24-26-21)15-8-3-1-4-9-15/h1-6,8-11,17-18,22H,7,12-14H2. The predicted octanol–water partition coefficient (Wildman–Crippen LogP) is 2.76. The van der Waals surface area contributed by atoms with Crippen molar-refractivity contribution in [1.29, 1.82) is 0 Å². The fraction of sp³-hybridized carbons (Fsp3) is 0.286. The molecular formula is C21H21N5O2. The highest BCUT2D eigenvalue weighted by molar-refractivity contribution is 5.74. The summed E-state index contributed by atoms with van der Waals surface area (Å²) in [5.74, 6) is 1.46. The molecule has 1 N–H and O–H groups in total. The van der Waals surface area contributed by atoms with E-state index in [1.807, 2.05) is 48.5 Å². The summed E-state index contributed by atoms with van der Waals surface area (Å²) < 4.78 is 5.32. The summed E-state index contributed by atoms with van der Waals surface area (Å²) in [6.45, 7) is 0.138. The molecule has 1 saturated carbocycles. The Morgan fingerprint density at radius 2 is 1.61 bits per heavy atom. The zero-order valence-corrected chi connectivity index (χ0v) is 15.4. The van der Waals surface area contributed by atoms with Gasteiger partial charge in [0, 0.05) is 17.5 Å². The predicted molar refractivity (Wildman–Crippen MR) is 104 cm³/mol. The van der Waals surface area contributed by atoms with Gasteiger partial charge in [-0.2, -0.15) is 0 Å². The molecule has 1 aliphatic carbocycles. The van der Waals surface area contributed by atoms with Crippen molar-refractivity contribution in [3.8, 4) is 17.1 Å². The van der Waals surface area contributed by atoms with Gasteiger partial charge in [-0.05, 0) is 25.0 Å². The third kappa shape index (κ3) is 4.37. The molecule has 2 aromatic carbocycles. The van der Waals surface area contributed by atoms with Gasteiger partial charge in [0.05, 0.1) is 6.54 Å². The van der Waals surface area contributed by atoms with Crippen LogP contribution in [0, 0.1) is 0 Å². The van der Waals surface area contributed by atoms with Crippen LogP contribution in [0.2, 0.25) is 0 Å². The molecular weight excluding hydrogens is 354 g/mol. The number of carbonyl (C=O) groups is 1. The molecule has 2 atom stereocenters. The van der Waals surface area contributed by atoms with E-state index in [0.29, 0.717) is 17.4 Å². The smallest absolute Gasteiger partial charge is 0.325 e. The molecule has 0 spiro atoms. The third-order valence-corrected chi connectivity index (χ3v) is 4.86. The van der Waals surface area contributed by atoms with Gasteiger partial charge in [0.2, 0.25) is 5.82 Å². The van der Waals surface area contributed by atoms with Crippen molar-refractivity contribution in [2.45, 2.75) is 31.2 Å². The minimum atomic E-state index is -0.312. The van der Waals surface area contributed by atoms with Crippen LogP contribution in [0.15, 0.2) is 60.7 Å². The lowest BCUT2D eigenvalue weighted by atomic mass is 10.0. The summed E-state index contributed by atoms with van der Waals surface area (Å²) in [5.41, 5.74) is 0.888. The van der Waals surface area contributed by atoms with Crippen LogP contribution in [-0.4, -0.2) is 39.0 Å². The second-order valence-electron chi connectivity index (χ2n) is 6.76. The van der Waals surface area contributed by atoms with Crippen molar-refractivity contribution < 1.29 is 9.53 Å². The lowest BCUT2D eigenvalue weighted by Gasteiger charge is -2.18. The van der Waals surface area contributed by atoms with Crippen LogP contribution in [0.3, 0.4) is 0 Å². The molecule has 28 heavy (non-hydrogen) atoms. The van der Waals surface area contributed by atoms with E-state index < -0.39 is 0 Å². The summed E-state index contributed by atoms with van der Waals surface area (Å²) in [7, 11) is 0. The molecule has 0 bridgehead atoms. The number of hydrogen-bond acceptors (Lipinski definition) is 7. The SMILES string of the molecule is O=C(CNC1CCCC1c1nnc(-c2ccccc2)nn1)Oc1ccccc1. The molecule has 1 fully saturated rings. The molecule has 2 unspecified atom stereocenters. The maximum absolute atomic E-state index is 12.1. The first kappa shape index (κ1) is 18.2. The van der Waals surface area contributed by atoms with Gasteiger partial charge >= 0.3 is 5.97 Å². The van der Waals surface area contributed by atoms with Crippen LogP contribution >= 0.6 is 0 Å².